The Balaban J connectivity index is 0.00000144. The Morgan fingerprint density at radius 2 is 2.04 bits per heavy atom. The quantitative estimate of drug-likeness (QED) is 0.874. The van der Waals surface area contributed by atoms with Crippen LogP contribution in [0.25, 0.3) is 0 Å². The number of aryl methyl sites for hydroxylation is 1. The standard InChI is InChI=1S/C17H21N3OS.2ClH/c1-12-16(17(21)20(2)14-8-9-18-11-14)22-15(19-12)10-13-6-4-3-5-7-13;;/h3-7,14,18H,8-11H2,1-2H3;2*1H. The van der Waals surface area contributed by atoms with Crippen LogP contribution in [0.1, 0.15) is 32.4 Å². The molecule has 1 unspecified atom stereocenters. The minimum Gasteiger partial charge on any atom is -0.337 e. The van der Waals surface area contributed by atoms with Crippen molar-refractivity contribution >= 4 is 42.1 Å². The summed E-state index contributed by atoms with van der Waals surface area (Å²) >= 11 is 1.53. The predicted molar refractivity (Wildman–Crippen MR) is 104 cm³/mol. The average molecular weight is 388 g/mol. The number of carbonyl (C=O) groups excluding carboxylic acids is 1. The van der Waals surface area contributed by atoms with Crippen molar-refractivity contribution in [1.82, 2.24) is 15.2 Å². The van der Waals surface area contributed by atoms with Crippen molar-refractivity contribution in [2.45, 2.75) is 25.8 Å². The van der Waals surface area contributed by atoms with E-state index in [2.05, 4.69) is 22.4 Å². The molecular formula is C17H23Cl2N3OS. The first-order valence-electron chi connectivity index (χ1n) is 7.63. The highest BCUT2D eigenvalue weighted by molar-refractivity contribution is 7.13. The molecule has 1 fully saturated rings. The summed E-state index contributed by atoms with van der Waals surface area (Å²) in [4.78, 5) is 19.9. The van der Waals surface area contributed by atoms with Crippen LogP contribution in [-0.2, 0) is 6.42 Å². The summed E-state index contributed by atoms with van der Waals surface area (Å²) in [6.45, 7) is 3.80. The molecule has 0 bridgehead atoms. The molecule has 2 aromatic rings. The van der Waals surface area contributed by atoms with Crippen LogP contribution in [0.2, 0.25) is 0 Å². The number of carbonyl (C=O) groups is 1. The van der Waals surface area contributed by atoms with Crippen LogP contribution in [0.5, 0.6) is 0 Å². The highest BCUT2D eigenvalue weighted by Gasteiger charge is 2.26. The SMILES string of the molecule is Cc1nc(Cc2ccccc2)sc1C(=O)N(C)C1CCNC1.Cl.Cl. The number of hydrogen-bond acceptors (Lipinski definition) is 4. The topological polar surface area (TPSA) is 45.2 Å². The third kappa shape index (κ3) is 4.70. The van der Waals surface area contributed by atoms with E-state index in [0.29, 0.717) is 6.04 Å². The zero-order valence-corrected chi connectivity index (χ0v) is 16.3. The summed E-state index contributed by atoms with van der Waals surface area (Å²) in [5.74, 6) is 0.100. The van der Waals surface area contributed by atoms with E-state index >= 15 is 0 Å². The van der Waals surface area contributed by atoms with E-state index in [4.69, 9.17) is 0 Å². The van der Waals surface area contributed by atoms with E-state index in [9.17, 15) is 4.79 Å². The number of nitrogens with zero attached hydrogens (tertiary/aromatic N) is 2. The Bertz CT molecular complexity index is 657. The van der Waals surface area contributed by atoms with Crippen molar-refractivity contribution in [3.05, 3.63) is 51.5 Å². The fraction of sp³-hybridized carbons (Fsp3) is 0.412. The van der Waals surface area contributed by atoms with Crippen LogP contribution < -0.4 is 5.32 Å². The molecule has 7 heteroatoms. The fourth-order valence-corrected chi connectivity index (χ4v) is 3.87. The summed E-state index contributed by atoms with van der Waals surface area (Å²) in [5, 5.41) is 4.31. The molecule has 1 aliphatic heterocycles. The molecule has 0 aliphatic carbocycles. The fourth-order valence-electron chi connectivity index (χ4n) is 2.79. The highest BCUT2D eigenvalue weighted by atomic mass is 35.5. The molecule has 0 saturated carbocycles. The maximum atomic E-state index is 12.7. The van der Waals surface area contributed by atoms with Gasteiger partial charge in [0.2, 0.25) is 0 Å². The second-order valence-corrected chi connectivity index (χ2v) is 6.83. The van der Waals surface area contributed by atoms with Crippen molar-refractivity contribution < 1.29 is 4.79 Å². The van der Waals surface area contributed by atoms with Crippen molar-refractivity contribution in [3.63, 3.8) is 0 Å². The van der Waals surface area contributed by atoms with Crippen LogP contribution >= 0.6 is 36.2 Å². The van der Waals surface area contributed by atoms with Crippen LogP contribution in [0.3, 0.4) is 0 Å². The van der Waals surface area contributed by atoms with E-state index in [-0.39, 0.29) is 30.7 Å². The lowest BCUT2D eigenvalue weighted by molar-refractivity contribution is 0.0747. The second-order valence-electron chi connectivity index (χ2n) is 5.75. The number of thiazole rings is 1. The highest BCUT2D eigenvalue weighted by Crippen LogP contribution is 2.23. The van der Waals surface area contributed by atoms with Gasteiger partial charge in [0.05, 0.1) is 10.7 Å². The monoisotopic (exact) mass is 387 g/mol. The molecule has 0 radical (unpaired) electrons. The van der Waals surface area contributed by atoms with Crippen LogP contribution in [0.4, 0.5) is 0 Å². The number of aromatic nitrogens is 1. The Labute approximate surface area is 159 Å². The van der Waals surface area contributed by atoms with E-state index in [1.165, 1.54) is 16.9 Å². The number of nitrogens with one attached hydrogen (secondary N) is 1. The molecule has 2 heterocycles. The maximum absolute atomic E-state index is 12.7. The molecule has 0 spiro atoms. The van der Waals surface area contributed by atoms with Gasteiger partial charge in [-0.05, 0) is 25.5 Å². The zero-order chi connectivity index (χ0) is 15.5. The van der Waals surface area contributed by atoms with Crippen LogP contribution in [-0.4, -0.2) is 42.0 Å². The molecule has 1 aliphatic rings. The first-order valence-corrected chi connectivity index (χ1v) is 8.45. The molecule has 1 saturated heterocycles. The number of amides is 1. The number of halogens is 2. The molecule has 3 rings (SSSR count). The Morgan fingerprint density at radius 1 is 1.33 bits per heavy atom. The van der Waals surface area contributed by atoms with Gasteiger partial charge in [-0.15, -0.1) is 36.2 Å². The number of rotatable bonds is 4. The average Bonchev–Trinajstić information content (AvgIpc) is 3.17. The molecule has 4 nitrogen and oxygen atoms in total. The molecule has 24 heavy (non-hydrogen) atoms. The lowest BCUT2D eigenvalue weighted by Gasteiger charge is -2.23. The minimum atomic E-state index is 0. The smallest absolute Gasteiger partial charge is 0.265 e. The van der Waals surface area contributed by atoms with Gasteiger partial charge in [0.1, 0.15) is 4.88 Å². The van der Waals surface area contributed by atoms with Crippen molar-refractivity contribution in [3.8, 4) is 0 Å². The van der Waals surface area contributed by atoms with E-state index in [1.807, 2.05) is 37.1 Å². The lowest BCUT2D eigenvalue weighted by Crippen LogP contribution is -2.38. The van der Waals surface area contributed by atoms with Gasteiger partial charge in [-0.2, -0.15) is 0 Å². The van der Waals surface area contributed by atoms with Crippen molar-refractivity contribution in [2.24, 2.45) is 0 Å². The molecule has 1 aromatic heterocycles. The molecule has 1 amide bonds. The largest absolute Gasteiger partial charge is 0.337 e. The molecular weight excluding hydrogens is 365 g/mol. The zero-order valence-electron chi connectivity index (χ0n) is 13.8. The number of benzene rings is 1. The summed E-state index contributed by atoms with van der Waals surface area (Å²) in [5.41, 5.74) is 2.07. The van der Waals surface area contributed by atoms with Crippen LogP contribution in [0.15, 0.2) is 30.3 Å². The Morgan fingerprint density at radius 3 is 2.67 bits per heavy atom. The van der Waals surface area contributed by atoms with Gasteiger partial charge < -0.3 is 10.2 Å². The first-order chi connectivity index (χ1) is 10.6. The van der Waals surface area contributed by atoms with Gasteiger partial charge in [0, 0.05) is 26.1 Å². The number of likely N-dealkylation sites (N-methyl/N-ethyl adjacent to an activating group) is 1. The van der Waals surface area contributed by atoms with Gasteiger partial charge in [-0.3, -0.25) is 4.79 Å². The minimum absolute atomic E-state index is 0. The van der Waals surface area contributed by atoms with Crippen molar-refractivity contribution in [1.29, 1.82) is 0 Å². The molecule has 1 aromatic carbocycles. The Kier molecular flexibility index (Phi) is 8.16. The lowest BCUT2D eigenvalue weighted by atomic mass is 10.2. The van der Waals surface area contributed by atoms with E-state index < -0.39 is 0 Å². The molecule has 1 N–H and O–H groups in total. The molecule has 132 valence electrons. The van der Waals surface area contributed by atoms with Gasteiger partial charge in [-0.1, -0.05) is 30.3 Å². The van der Waals surface area contributed by atoms with E-state index in [1.54, 1.807) is 0 Å². The van der Waals surface area contributed by atoms with Gasteiger partial charge >= 0.3 is 0 Å². The summed E-state index contributed by atoms with van der Waals surface area (Å²) in [6, 6.07) is 10.6. The Hall–Kier alpha value is -1.14. The second kappa shape index (κ2) is 9.37. The predicted octanol–water partition coefficient (Wildman–Crippen LogP) is 3.32. The van der Waals surface area contributed by atoms with Crippen LogP contribution in [0, 0.1) is 6.92 Å². The normalized spacial score (nSPS) is 16.2. The van der Waals surface area contributed by atoms with E-state index in [0.717, 1.165) is 41.5 Å². The van der Waals surface area contributed by atoms with Gasteiger partial charge in [0.25, 0.3) is 5.91 Å². The maximum Gasteiger partial charge on any atom is 0.265 e. The summed E-state index contributed by atoms with van der Waals surface area (Å²) in [7, 11) is 1.90. The molecule has 1 atom stereocenters. The summed E-state index contributed by atoms with van der Waals surface area (Å²) < 4.78 is 0. The van der Waals surface area contributed by atoms with Gasteiger partial charge in [-0.25, -0.2) is 4.98 Å². The third-order valence-electron chi connectivity index (χ3n) is 4.14. The number of hydrogen-bond donors (Lipinski definition) is 1. The first kappa shape index (κ1) is 20.9. The third-order valence-corrected chi connectivity index (χ3v) is 5.28. The van der Waals surface area contributed by atoms with Crippen molar-refractivity contribution in [2.75, 3.05) is 20.1 Å². The van der Waals surface area contributed by atoms with Gasteiger partial charge in [0.15, 0.2) is 0 Å². The summed E-state index contributed by atoms with van der Waals surface area (Å²) in [6.07, 6.45) is 1.81.